The van der Waals surface area contributed by atoms with Crippen LogP contribution in [-0.4, -0.2) is 23.0 Å². The molecule has 0 saturated carbocycles. The number of fused-ring (bicyclic) bond motifs is 2. The van der Waals surface area contributed by atoms with Crippen LogP contribution in [0.3, 0.4) is 0 Å². The Balaban J connectivity index is 1.95. The number of pyridine rings is 1. The number of hydrogen-bond acceptors (Lipinski definition) is 3. The number of aromatic nitrogens is 2. The van der Waals surface area contributed by atoms with Gasteiger partial charge in [-0.25, -0.2) is 4.98 Å². The van der Waals surface area contributed by atoms with E-state index in [1.165, 1.54) is 0 Å². The number of H-pyrrole nitrogens is 1. The summed E-state index contributed by atoms with van der Waals surface area (Å²) in [5.74, 6) is 0.759. The number of hydrogen-bond donors (Lipinski definition) is 2. The second-order valence-corrected chi connectivity index (χ2v) is 6.28. The van der Waals surface area contributed by atoms with Gasteiger partial charge in [0.1, 0.15) is 11.4 Å². The van der Waals surface area contributed by atoms with E-state index in [4.69, 9.17) is 4.74 Å². The fraction of sp³-hybridized carbons (Fsp3) is 0.222. The van der Waals surface area contributed by atoms with Gasteiger partial charge in [-0.2, -0.15) is 0 Å². The van der Waals surface area contributed by atoms with Crippen molar-refractivity contribution in [2.45, 2.75) is 19.4 Å². The highest BCUT2D eigenvalue weighted by atomic mass is 16.5. The Hall–Kier alpha value is -2.82. The van der Waals surface area contributed by atoms with Crippen LogP contribution in [0.1, 0.15) is 29.8 Å². The molecule has 4 rings (SSSR count). The minimum Gasteiger partial charge on any atom is -0.496 e. The summed E-state index contributed by atoms with van der Waals surface area (Å²) in [6.45, 7) is 4.02. The number of carbonyl (C=O) groups excluding carboxylic acids is 1. The molecule has 0 bridgehead atoms. The van der Waals surface area contributed by atoms with Crippen LogP contribution in [0.2, 0.25) is 0 Å². The Bertz CT molecular complexity index is 941. The molecule has 1 amide bonds. The molecule has 23 heavy (non-hydrogen) atoms. The number of nitrogens with zero attached hydrogens (tertiary/aromatic N) is 1. The quantitative estimate of drug-likeness (QED) is 0.764. The molecule has 3 heterocycles. The molecule has 2 N–H and O–H groups in total. The zero-order valence-corrected chi connectivity index (χ0v) is 13.2. The van der Waals surface area contributed by atoms with Gasteiger partial charge in [-0.1, -0.05) is 6.07 Å². The standard InChI is InChI=1S/C18H17N3O2/c1-18(2)13-8-10(4-5-11(13)17(22)21-18)12-9-20-16-15(12)14(23-3)6-7-19-16/h4-9H,1-3H3,(H,19,20)(H,21,22). The third-order valence-electron chi connectivity index (χ3n) is 4.43. The predicted molar refractivity (Wildman–Crippen MR) is 88.6 cm³/mol. The summed E-state index contributed by atoms with van der Waals surface area (Å²) in [6, 6.07) is 7.77. The molecule has 0 fully saturated rings. The van der Waals surface area contributed by atoms with Crippen molar-refractivity contribution >= 4 is 16.9 Å². The molecule has 116 valence electrons. The minimum absolute atomic E-state index is 0.0188. The van der Waals surface area contributed by atoms with Gasteiger partial charge in [-0.05, 0) is 43.2 Å². The number of ether oxygens (including phenoxy) is 1. The lowest BCUT2D eigenvalue weighted by atomic mass is 9.91. The van der Waals surface area contributed by atoms with E-state index in [-0.39, 0.29) is 11.4 Å². The first kappa shape index (κ1) is 13.8. The van der Waals surface area contributed by atoms with Gasteiger partial charge in [-0.3, -0.25) is 4.79 Å². The lowest BCUT2D eigenvalue weighted by Crippen LogP contribution is -2.32. The normalized spacial score (nSPS) is 15.5. The molecule has 2 aromatic heterocycles. The Morgan fingerprint density at radius 3 is 2.78 bits per heavy atom. The fourth-order valence-corrected chi connectivity index (χ4v) is 3.27. The van der Waals surface area contributed by atoms with Crippen LogP contribution in [-0.2, 0) is 5.54 Å². The summed E-state index contributed by atoms with van der Waals surface area (Å²) >= 11 is 0. The Kier molecular flexibility index (Phi) is 2.75. The molecule has 1 aliphatic rings. The molecular formula is C18H17N3O2. The third kappa shape index (κ3) is 1.93. The van der Waals surface area contributed by atoms with Gasteiger partial charge < -0.3 is 15.0 Å². The molecule has 1 aromatic carbocycles. The van der Waals surface area contributed by atoms with Crippen LogP contribution in [0, 0.1) is 0 Å². The summed E-state index contributed by atoms with van der Waals surface area (Å²) in [7, 11) is 1.65. The molecule has 0 radical (unpaired) electrons. The van der Waals surface area contributed by atoms with E-state index >= 15 is 0 Å². The second-order valence-electron chi connectivity index (χ2n) is 6.28. The van der Waals surface area contributed by atoms with E-state index in [0.717, 1.165) is 39.0 Å². The average Bonchev–Trinajstić information content (AvgIpc) is 3.06. The molecule has 5 nitrogen and oxygen atoms in total. The first-order valence-corrected chi connectivity index (χ1v) is 7.49. The van der Waals surface area contributed by atoms with Gasteiger partial charge in [0.2, 0.25) is 0 Å². The van der Waals surface area contributed by atoms with Crippen LogP contribution < -0.4 is 10.1 Å². The number of methoxy groups -OCH3 is 1. The van der Waals surface area contributed by atoms with E-state index < -0.39 is 0 Å². The summed E-state index contributed by atoms with van der Waals surface area (Å²) in [5.41, 5.74) is 4.22. The van der Waals surface area contributed by atoms with Gasteiger partial charge in [-0.15, -0.1) is 0 Å². The number of aromatic amines is 1. The maximum atomic E-state index is 12.0. The average molecular weight is 307 g/mol. The number of carbonyl (C=O) groups is 1. The zero-order chi connectivity index (χ0) is 16.2. The van der Waals surface area contributed by atoms with E-state index in [1.54, 1.807) is 13.3 Å². The maximum absolute atomic E-state index is 12.0. The Labute approximate surface area is 133 Å². The highest BCUT2D eigenvalue weighted by Gasteiger charge is 2.35. The van der Waals surface area contributed by atoms with Crippen molar-refractivity contribution < 1.29 is 9.53 Å². The van der Waals surface area contributed by atoms with Gasteiger partial charge in [0.15, 0.2) is 0 Å². The van der Waals surface area contributed by atoms with E-state index in [2.05, 4.69) is 21.4 Å². The molecular weight excluding hydrogens is 290 g/mol. The first-order chi connectivity index (χ1) is 11.0. The lowest BCUT2D eigenvalue weighted by Gasteiger charge is -2.19. The van der Waals surface area contributed by atoms with Crippen LogP contribution in [0.5, 0.6) is 5.75 Å². The molecule has 0 aliphatic carbocycles. The molecule has 3 aromatic rings. The predicted octanol–water partition coefficient (Wildman–Crippen LogP) is 3.22. The molecule has 0 saturated heterocycles. The SMILES string of the molecule is COc1ccnc2[nH]cc(-c3ccc4c(c3)C(C)(C)NC4=O)c12. The van der Waals surface area contributed by atoms with E-state index in [9.17, 15) is 4.79 Å². The molecule has 0 spiro atoms. The zero-order valence-electron chi connectivity index (χ0n) is 13.2. The summed E-state index contributed by atoms with van der Waals surface area (Å²) in [6.07, 6.45) is 3.65. The van der Waals surface area contributed by atoms with Gasteiger partial charge in [0.25, 0.3) is 5.91 Å². The largest absolute Gasteiger partial charge is 0.496 e. The maximum Gasteiger partial charge on any atom is 0.252 e. The number of amides is 1. The van der Waals surface area contributed by atoms with Gasteiger partial charge in [0.05, 0.1) is 18.0 Å². The van der Waals surface area contributed by atoms with Crippen LogP contribution >= 0.6 is 0 Å². The number of rotatable bonds is 2. The number of benzene rings is 1. The van der Waals surface area contributed by atoms with Crippen molar-refractivity contribution in [2.24, 2.45) is 0 Å². The van der Waals surface area contributed by atoms with Crippen LogP contribution in [0.25, 0.3) is 22.2 Å². The Morgan fingerprint density at radius 1 is 1.17 bits per heavy atom. The summed E-state index contributed by atoms with van der Waals surface area (Å²) < 4.78 is 5.47. The first-order valence-electron chi connectivity index (χ1n) is 7.49. The van der Waals surface area contributed by atoms with Crippen molar-refractivity contribution in [1.29, 1.82) is 0 Å². The molecule has 0 atom stereocenters. The summed E-state index contributed by atoms with van der Waals surface area (Å²) in [4.78, 5) is 19.6. The van der Waals surface area contributed by atoms with Crippen LogP contribution in [0.4, 0.5) is 0 Å². The van der Waals surface area contributed by atoms with Crippen molar-refractivity contribution in [1.82, 2.24) is 15.3 Å². The van der Waals surface area contributed by atoms with Gasteiger partial charge in [0, 0.05) is 23.5 Å². The van der Waals surface area contributed by atoms with Gasteiger partial charge >= 0.3 is 0 Å². The van der Waals surface area contributed by atoms with Crippen molar-refractivity contribution in [3.63, 3.8) is 0 Å². The minimum atomic E-state index is -0.364. The monoisotopic (exact) mass is 307 g/mol. The number of nitrogens with one attached hydrogen (secondary N) is 2. The van der Waals surface area contributed by atoms with Crippen molar-refractivity contribution in [3.8, 4) is 16.9 Å². The Morgan fingerprint density at radius 2 is 2.00 bits per heavy atom. The smallest absolute Gasteiger partial charge is 0.252 e. The van der Waals surface area contributed by atoms with Crippen molar-refractivity contribution in [2.75, 3.05) is 7.11 Å². The topological polar surface area (TPSA) is 67.0 Å². The molecule has 0 unspecified atom stereocenters. The highest BCUT2D eigenvalue weighted by molar-refractivity contribution is 6.02. The lowest BCUT2D eigenvalue weighted by molar-refractivity contribution is 0.0940. The highest BCUT2D eigenvalue weighted by Crippen LogP contribution is 2.38. The fourth-order valence-electron chi connectivity index (χ4n) is 3.27. The second kappa shape index (κ2) is 4.59. The molecule has 5 heteroatoms. The third-order valence-corrected chi connectivity index (χ3v) is 4.43. The van der Waals surface area contributed by atoms with E-state index in [0.29, 0.717) is 0 Å². The van der Waals surface area contributed by atoms with Crippen LogP contribution in [0.15, 0.2) is 36.7 Å². The summed E-state index contributed by atoms with van der Waals surface area (Å²) in [5, 5.41) is 3.96. The molecule has 1 aliphatic heterocycles. The van der Waals surface area contributed by atoms with Crippen molar-refractivity contribution in [3.05, 3.63) is 47.8 Å². The van der Waals surface area contributed by atoms with E-state index in [1.807, 2.05) is 38.2 Å².